The normalized spacial score (nSPS) is 16.8. The summed E-state index contributed by atoms with van der Waals surface area (Å²) in [5.41, 5.74) is 2.02. The van der Waals surface area contributed by atoms with Crippen LogP contribution in [0.2, 0.25) is 0 Å². The summed E-state index contributed by atoms with van der Waals surface area (Å²) in [6.45, 7) is 4.38. The Labute approximate surface area is 125 Å². The Kier molecular flexibility index (Phi) is 4.83. The lowest BCUT2D eigenvalue weighted by atomic mass is 9.99. The number of carbonyl (C=O) groups is 2. The molecule has 0 radical (unpaired) electrons. The maximum absolute atomic E-state index is 12.4. The molecule has 1 heterocycles. The van der Waals surface area contributed by atoms with Crippen LogP contribution in [-0.2, 0) is 11.2 Å². The molecule has 1 aliphatic rings. The Morgan fingerprint density at radius 3 is 2.76 bits per heavy atom. The van der Waals surface area contributed by atoms with Gasteiger partial charge in [0.05, 0.1) is 0 Å². The molecule has 114 valence electrons. The molecule has 0 saturated heterocycles. The van der Waals surface area contributed by atoms with Gasteiger partial charge in [0.25, 0.3) is 0 Å². The van der Waals surface area contributed by atoms with Crippen molar-refractivity contribution in [2.45, 2.75) is 39.2 Å². The maximum atomic E-state index is 12.4. The molecule has 2 atom stereocenters. The predicted octanol–water partition coefficient (Wildman–Crippen LogP) is 2.65. The monoisotopic (exact) mass is 290 g/mol. The van der Waals surface area contributed by atoms with Gasteiger partial charge in [0.15, 0.2) is 0 Å². The number of carboxylic acids is 1. The lowest BCUT2D eigenvalue weighted by Crippen LogP contribution is -2.51. The zero-order valence-corrected chi connectivity index (χ0v) is 12.5. The van der Waals surface area contributed by atoms with Crippen LogP contribution in [0.5, 0.6) is 0 Å². The third kappa shape index (κ3) is 3.35. The number of anilines is 1. The lowest BCUT2D eigenvalue weighted by Gasteiger charge is -2.31. The third-order valence-electron chi connectivity index (χ3n) is 4.11. The van der Waals surface area contributed by atoms with Gasteiger partial charge in [0, 0.05) is 12.2 Å². The van der Waals surface area contributed by atoms with E-state index >= 15 is 0 Å². The van der Waals surface area contributed by atoms with E-state index in [9.17, 15) is 14.7 Å². The number of rotatable bonds is 4. The lowest BCUT2D eigenvalue weighted by molar-refractivity contribution is -0.140. The number of aliphatic carboxylic acids is 1. The fourth-order valence-electron chi connectivity index (χ4n) is 2.64. The van der Waals surface area contributed by atoms with Crippen LogP contribution in [0.4, 0.5) is 10.5 Å². The van der Waals surface area contributed by atoms with E-state index in [1.807, 2.05) is 38.1 Å². The van der Waals surface area contributed by atoms with Crippen LogP contribution in [0, 0.1) is 5.92 Å². The van der Waals surface area contributed by atoms with E-state index in [4.69, 9.17) is 0 Å². The number of aryl methyl sites for hydroxylation is 1. The van der Waals surface area contributed by atoms with E-state index in [2.05, 4.69) is 5.32 Å². The van der Waals surface area contributed by atoms with Crippen LogP contribution >= 0.6 is 0 Å². The molecule has 21 heavy (non-hydrogen) atoms. The molecule has 0 spiro atoms. The van der Waals surface area contributed by atoms with E-state index in [0.29, 0.717) is 13.0 Å². The molecule has 1 aliphatic heterocycles. The zero-order valence-electron chi connectivity index (χ0n) is 12.5. The van der Waals surface area contributed by atoms with Gasteiger partial charge < -0.3 is 10.4 Å². The summed E-state index contributed by atoms with van der Waals surface area (Å²) in [6, 6.07) is 6.60. The number of hydrogen-bond donors (Lipinski definition) is 2. The first-order valence-corrected chi connectivity index (χ1v) is 7.43. The van der Waals surface area contributed by atoms with Crippen molar-refractivity contribution in [1.29, 1.82) is 0 Å². The highest BCUT2D eigenvalue weighted by Gasteiger charge is 2.29. The van der Waals surface area contributed by atoms with Crippen LogP contribution in [0.15, 0.2) is 24.3 Å². The van der Waals surface area contributed by atoms with Gasteiger partial charge in [0.1, 0.15) is 6.04 Å². The SMILES string of the molecule is CC[C@H](C)[C@@H](NC(=O)N1CCCc2ccccc21)C(=O)O. The van der Waals surface area contributed by atoms with Gasteiger partial charge >= 0.3 is 12.0 Å². The molecule has 0 saturated carbocycles. The number of carboxylic acid groups (broad SMARTS) is 1. The first kappa shape index (κ1) is 15.4. The summed E-state index contributed by atoms with van der Waals surface area (Å²) in [5, 5.41) is 11.9. The molecule has 5 nitrogen and oxygen atoms in total. The van der Waals surface area contributed by atoms with Crippen molar-refractivity contribution in [2.24, 2.45) is 5.92 Å². The number of benzene rings is 1. The smallest absolute Gasteiger partial charge is 0.326 e. The summed E-state index contributed by atoms with van der Waals surface area (Å²) in [7, 11) is 0. The summed E-state index contributed by atoms with van der Waals surface area (Å²) < 4.78 is 0. The number of nitrogens with zero attached hydrogens (tertiary/aromatic N) is 1. The second kappa shape index (κ2) is 6.61. The van der Waals surface area contributed by atoms with E-state index < -0.39 is 12.0 Å². The molecule has 0 aliphatic carbocycles. The van der Waals surface area contributed by atoms with E-state index in [-0.39, 0.29) is 11.9 Å². The molecule has 2 rings (SSSR count). The average molecular weight is 290 g/mol. The summed E-state index contributed by atoms with van der Waals surface area (Å²) in [4.78, 5) is 25.4. The molecule has 2 amide bonds. The first-order valence-electron chi connectivity index (χ1n) is 7.43. The summed E-state index contributed by atoms with van der Waals surface area (Å²) in [6.07, 6.45) is 2.55. The minimum atomic E-state index is -0.983. The molecular formula is C16H22N2O3. The molecular weight excluding hydrogens is 268 g/mol. The van der Waals surface area contributed by atoms with Gasteiger partial charge in [-0.25, -0.2) is 9.59 Å². The number of carbonyl (C=O) groups excluding carboxylic acids is 1. The Morgan fingerprint density at radius 2 is 2.10 bits per heavy atom. The first-order chi connectivity index (χ1) is 10.0. The van der Waals surface area contributed by atoms with Crippen LogP contribution in [0.1, 0.15) is 32.3 Å². The molecule has 5 heteroatoms. The average Bonchev–Trinajstić information content (AvgIpc) is 2.50. The van der Waals surface area contributed by atoms with Gasteiger partial charge in [-0.3, -0.25) is 4.90 Å². The predicted molar refractivity (Wildman–Crippen MR) is 81.5 cm³/mol. The van der Waals surface area contributed by atoms with Gasteiger partial charge in [0.2, 0.25) is 0 Å². The fourth-order valence-corrected chi connectivity index (χ4v) is 2.64. The quantitative estimate of drug-likeness (QED) is 0.895. The van der Waals surface area contributed by atoms with Crippen LogP contribution in [0.3, 0.4) is 0 Å². The van der Waals surface area contributed by atoms with Crippen molar-refractivity contribution in [3.8, 4) is 0 Å². The minimum Gasteiger partial charge on any atom is -0.480 e. The van der Waals surface area contributed by atoms with Crippen molar-refractivity contribution >= 4 is 17.7 Å². The Hall–Kier alpha value is -2.04. The second-order valence-electron chi connectivity index (χ2n) is 5.53. The van der Waals surface area contributed by atoms with Crippen molar-refractivity contribution in [1.82, 2.24) is 5.32 Å². The molecule has 1 aromatic carbocycles. The van der Waals surface area contributed by atoms with E-state index in [1.165, 1.54) is 0 Å². The second-order valence-corrected chi connectivity index (χ2v) is 5.53. The number of fused-ring (bicyclic) bond motifs is 1. The van der Waals surface area contributed by atoms with Crippen molar-refractivity contribution in [2.75, 3.05) is 11.4 Å². The highest BCUT2D eigenvalue weighted by molar-refractivity contribution is 5.95. The fraction of sp³-hybridized carbons (Fsp3) is 0.500. The standard InChI is InChI=1S/C16H22N2O3/c1-3-11(2)14(15(19)20)17-16(21)18-10-6-8-12-7-4-5-9-13(12)18/h4-5,7,9,11,14H,3,6,8,10H2,1-2H3,(H,17,21)(H,19,20)/t11-,14+/m0/s1. The Morgan fingerprint density at radius 1 is 1.38 bits per heavy atom. The van der Waals surface area contributed by atoms with Crippen molar-refractivity contribution < 1.29 is 14.7 Å². The Balaban J connectivity index is 2.15. The molecule has 0 fully saturated rings. The number of hydrogen-bond acceptors (Lipinski definition) is 2. The number of amides is 2. The number of urea groups is 1. The largest absolute Gasteiger partial charge is 0.480 e. The van der Waals surface area contributed by atoms with Gasteiger partial charge in [-0.2, -0.15) is 0 Å². The minimum absolute atomic E-state index is 0.105. The highest BCUT2D eigenvalue weighted by atomic mass is 16.4. The van der Waals surface area contributed by atoms with Crippen LogP contribution in [-0.4, -0.2) is 29.7 Å². The highest BCUT2D eigenvalue weighted by Crippen LogP contribution is 2.26. The molecule has 0 unspecified atom stereocenters. The van der Waals surface area contributed by atoms with Gasteiger partial charge in [-0.15, -0.1) is 0 Å². The number of para-hydroxylation sites is 1. The Bertz CT molecular complexity index is 530. The summed E-state index contributed by atoms with van der Waals surface area (Å²) >= 11 is 0. The van der Waals surface area contributed by atoms with Crippen LogP contribution in [0.25, 0.3) is 0 Å². The van der Waals surface area contributed by atoms with E-state index in [0.717, 1.165) is 24.1 Å². The summed E-state index contributed by atoms with van der Waals surface area (Å²) in [5.74, 6) is -1.09. The molecule has 0 bridgehead atoms. The molecule has 1 aromatic rings. The maximum Gasteiger partial charge on any atom is 0.326 e. The van der Waals surface area contributed by atoms with Crippen LogP contribution < -0.4 is 10.2 Å². The molecule has 0 aromatic heterocycles. The van der Waals surface area contributed by atoms with E-state index in [1.54, 1.807) is 4.90 Å². The third-order valence-corrected chi connectivity index (χ3v) is 4.11. The van der Waals surface area contributed by atoms with Crippen molar-refractivity contribution in [3.63, 3.8) is 0 Å². The van der Waals surface area contributed by atoms with Gasteiger partial charge in [-0.1, -0.05) is 38.5 Å². The van der Waals surface area contributed by atoms with Crippen molar-refractivity contribution in [3.05, 3.63) is 29.8 Å². The zero-order chi connectivity index (χ0) is 15.4. The molecule has 2 N–H and O–H groups in total. The topological polar surface area (TPSA) is 69.6 Å². The number of nitrogens with one attached hydrogen (secondary N) is 1. The van der Waals surface area contributed by atoms with Gasteiger partial charge in [-0.05, 0) is 30.4 Å².